The molecular weight excluding hydrogens is 306 g/mol. The van der Waals surface area contributed by atoms with Crippen LogP contribution < -0.4 is 5.32 Å². The zero-order chi connectivity index (χ0) is 15.9. The summed E-state index contributed by atoms with van der Waals surface area (Å²) in [4.78, 5) is 13.0. The number of nitrogens with one attached hydrogen (secondary N) is 1. The van der Waals surface area contributed by atoms with E-state index in [-0.39, 0.29) is 5.91 Å². The molecule has 23 heavy (non-hydrogen) atoms. The molecule has 0 radical (unpaired) electrons. The van der Waals surface area contributed by atoms with E-state index >= 15 is 0 Å². The van der Waals surface area contributed by atoms with Gasteiger partial charge in [-0.25, -0.2) is 0 Å². The van der Waals surface area contributed by atoms with Crippen LogP contribution in [0.3, 0.4) is 0 Å². The summed E-state index contributed by atoms with van der Waals surface area (Å²) in [6.07, 6.45) is 7.09. The van der Waals surface area contributed by atoms with E-state index in [1.54, 1.807) is 23.6 Å². The molecule has 1 amide bonds. The van der Waals surface area contributed by atoms with E-state index in [4.69, 9.17) is 0 Å². The molecule has 0 saturated heterocycles. The van der Waals surface area contributed by atoms with Crippen molar-refractivity contribution in [2.45, 2.75) is 13.1 Å². The first-order chi connectivity index (χ1) is 11.3. The predicted molar refractivity (Wildman–Crippen MR) is 93.0 cm³/mol. The molecule has 0 unspecified atom stereocenters. The van der Waals surface area contributed by atoms with Gasteiger partial charge in [0, 0.05) is 29.9 Å². The Morgan fingerprint density at radius 1 is 1.17 bits per heavy atom. The molecule has 5 heteroatoms. The molecule has 0 atom stereocenters. The first-order valence-corrected chi connectivity index (χ1v) is 8.23. The number of carbonyl (C=O) groups is 1. The van der Waals surface area contributed by atoms with Gasteiger partial charge in [0.2, 0.25) is 5.91 Å². The van der Waals surface area contributed by atoms with Gasteiger partial charge in [-0.05, 0) is 34.7 Å². The van der Waals surface area contributed by atoms with Gasteiger partial charge in [-0.2, -0.15) is 5.10 Å². The van der Waals surface area contributed by atoms with E-state index in [1.165, 1.54) is 0 Å². The van der Waals surface area contributed by atoms with Crippen LogP contribution in [0.2, 0.25) is 0 Å². The minimum Gasteiger partial charge on any atom is -0.348 e. The summed E-state index contributed by atoms with van der Waals surface area (Å²) in [7, 11) is 0. The van der Waals surface area contributed by atoms with Crippen LogP contribution in [0.5, 0.6) is 0 Å². The fraction of sp³-hybridized carbons (Fsp3) is 0.111. The third-order valence-corrected chi connectivity index (χ3v) is 4.24. The zero-order valence-corrected chi connectivity index (χ0v) is 13.4. The maximum Gasteiger partial charge on any atom is 0.244 e. The number of hydrogen-bond donors (Lipinski definition) is 1. The molecule has 2 heterocycles. The lowest BCUT2D eigenvalue weighted by Crippen LogP contribution is -2.21. The number of thiophene rings is 1. The maximum atomic E-state index is 11.9. The summed E-state index contributed by atoms with van der Waals surface area (Å²) in [5.74, 6) is -0.0905. The number of amides is 1. The molecule has 2 aromatic heterocycles. The molecule has 0 fully saturated rings. The van der Waals surface area contributed by atoms with Crippen LogP contribution in [0.25, 0.3) is 6.08 Å². The Bertz CT molecular complexity index is 776. The fourth-order valence-electron chi connectivity index (χ4n) is 2.24. The van der Waals surface area contributed by atoms with Crippen molar-refractivity contribution < 1.29 is 4.79 Å². The van der Waals surface area contributed by atoms with E-state index in [0.717, 1.165) is 16.0 Å². The average Bonchev–Trinajstić information content (AvgIpc) is 3.25. The highest BCUT2D eigenvalue weighted by Crippen LogP contribution is 2.11. The number of carbonyl (C=O) groups excluding carboxylic acids is 1. The predicted octanol–water partition coefficient (Wildman–Crippen LogP) is 3.32. The van der Waals surface area contributed by atoms with Gasteiger partial charge in [-0.15, -0.1) is 11.3 Å². The third kappa shape index (κ3) is 4.40. The van der Waals surface area contributed by atoms with E-state index in [2.05, 4.69) is 16.5 Å². The highest BCUT2D eigenvalue weighted by atomic mass is 32.1. The monoisotopic (exact) mass is 323 g/mol. The minimum absolute atomic E-state index is 0.0905. The summed E-state index contributed by atoms with van der Waals surface area (Å²) in [5.41, 5.74) is 2.25. The second-order valence-corrected chi connectivity index (χ2v) is 6.02. The van der Waals surface area contributed by atoms with Crippen LogP contribution in [-0.4, -0.2) is 15.7 Å². The Hall–Kier alpha value is -2.66. The maximum absolute atomic E-state index is 11.9. The van der Waals surface area contributed by atoms with Crippen LogP contribution in [0.4, 0.5) is 0 Å². The Morgan fingerprint density at radius 3 is 2.78 bits per heavy atom. The van der Waals surface area contributed by atoms with Gasteiger partial charge in [0.05, 0.1) is 6.54 Å². The molecule has 0 saturated carbocycles. The van der Waals surface area contributed by atoms with Crippen molar-refractivity contribution in [3.63, 3.8) is 0 Å². The molecule has 0 aliphatic carbocycles. The van der Waals surface area contributed by atoms with Crippen LogP contribution in [-0.2, 0) is 17.9 Å². The van der Waals surface area contributed by atoms with Crippen molar-refractivity contribution in [1.82, 2.24) is 15.1 Å². The van der Waals surface area contributed by atoms with Gasteiger partial charge in [0.15, 0.2) is 0 Å². The molecule has 1 N–H and O–H groups in total. The van der Waals surface area contributed by atoms with Crippen LogP contribution in [0.15, 0.2) is 66.3 Å². The second-order valence-electron chi connectivity index (χ2n) is 5.04. The lowest BCUT2D eigenvalue weighted by atomic mass is 10.1. The fourth-order valence-corrected chi connectivity index (χ4v) is 2.86. The first-order valence-electron chi connectivity index (χ1n) is 7.35. The smallest absolute Gasteiger partial charge is 0.244 e. The van der Waals surface area contributed by atoms with Crippen LogP contribution >= 0.6 is 11.3 Å². The van der Waals surface area contributed by atoms with Gasteiger partial charge in [-0.1, -0.05) is 30.3 Å². The first kappa shape index (κ1) is 15.2. The average molecular weight is 323 g/mol. The van der Waals surface area contributed by atoms with Gasteiger partial charge in [0.1, 0.15) is 0 Å². The SMILES string of the molecule is O=C(/C=C/c1cccs1)NCc1ccccc1Cn1cccn1. The number of hydrogen-bond acceptors (Lipinski definition) is 3. The molecule has 4 nitrogen and oxygen atoms in total. The van der Waals surface area contributed by atoms with Gasteiger partial charge in [-0.3, -0.25) is 9.48 Å². The Labute approximate surface area is 139 Å². The van der Waals surface area contributed by atoms with E-state index in [0.29, 0.717) is 13.1 Å². The summed E-state index contributed by atoms with van der Waals surface area (Å²) >= 11 is 1.61. The number of aromatic nitrogens is 2. The highest BCUT2D eigenvalue weighted by Gasteiger charge is 2.04. The van der Waals surface area contributed by atoms with E-state index < -0.39 is 0 Å². The molecule has 3 aromatic rings. The molecule has 0 spiro atoms. The van der Waals surface area contributed by atoms with Crippen molar-refractivity contribution in [2.24, 2.45) is 0 Å². The summed E-state index contributed by atoms with van der Waals surface area (Å²) in [6, 6.07) is 13.9. The second kappa shape index (κ2) is 7.56. The molecule has 3 rings (SSSR count). The third-order valence-electron chi connectivity index (χ3n) is 3.41. The molecule has 0 aliphatic rings. The van der Waals surface area contributed by atoms with E-state index in [1.807, 2.05) is 58.7 Å². The highest BCUT2D eigenvalue weighted by molar-refractivity contribution is 7.10. The van der Waals surface area contributed by atoms with E-state index in [9.17, 15) is 4.79 Å². The number of nitrogens with zero attached hydrogens (tertiary/aromatic N) is 2. The van der Waals surface area contributed by atoms with Gasteiger partial charge in [0.25, 0.3) is 0 Å². The van der Waals surface area contributed by atoms with Crippen molar-refractivity contribution in [3.8, 4) is 0 Å². The molecule has 1 aromatic carbocycles. The molecular formula is C18H17N3OS. The van der Waals surface area contributed by atoms with Crippen LogP contribution in [0, 0.1) is 0 Å². The Kier molecular flexibility index (Phi) is 5.01. The normalized spacial score (nSPS) is 11.0. The minimum atomic E-state index is -0.0905. The van der Waals surface area contributed by atoms with Crippen molar-refractivity contribution >= 4 is 23.3 Å². The number of rotatable bonds is 6. The van der Waals surface area contributed by atoms with Crippen molar-refractivity contribution in [3.05, 3.63) is 82.3 Å². The number of benzene rings is 1. The van der Waals surface area contributed by atoms with Crippen molar-refractivity contribution in [2.75, 3.05) is 0 Å². The summed E-state index contributed by atoms with van der Waals surface area (Å²) < 4.78 is 1.87. The van der Waals surface area contributed by atoms with Crippen molar-refractivity contribution in [1.29, 1.82) is 0 Å². The molecule has 0 aliphatic heterocycles. The zero-order valence-electron chi connectivity index (χ0n) is 12.6. The summed E-state index contributed by atoms with van der Waals surface area (Å²) in [6.45, 7) is 1.20. The molecule has 0 bridgehead atoms. The largest absolute Gasteiger partial charge is 0.348 e. The molecule has 116 valence electrons. The van der Waals surface area contributed by atoms with Gasteiger partial charge < -0.3 is 5.32 Å². The Balaban J connectivity index is 1.60. The summed E-state index contributed by atoms with van der Waals surface area (Å²) in [5, 5.41) is 9.14. The lowest BCUT2D eigenvalue weighted by molar-refractivity contribution is -0.116. The van der Waals surface area contributed by atoms with Gasteiger partial charge >= 0.3 is 0 Å². The quantitative estimate of drug-likeness (QED) is 0.707. The van der Waals surface area contributed by atoms with Crippen LogP contribution in [0.1, 0.15) is 16.0 Å². The lowest BCUT2D eigenvalue weighted by Gasteiger charge is -2.10. The topological polar surface area (TPSA) is 46.9 Å². The standard InChI is InChI=1S/C18H17N3OS/c22-18(9-8-17-7-3-12-23-17)19-13-15-5-1-2-6-16(15)14-21-11-4-10-20-21/h1-12H,13-14H2,(H,19,22)/b9-8+. The Morgan fingerprint density at radius 2 is 2.04 bits per heavy atom.